The molecule has 0 aliphatic heterocycles. The maximum Gasteiger partial charge on any atom is 0.328 e. The molecule has 0 spiro atoms. The molecule has 132 valence electrons. The van der Waals surface area contributed by atoms with Gasteiger partial charge < -0.3 is 10.1 Å². The lowest BCUT2D eigenvalue weighted by atomic mass is 10.2. The van der Waals surface area contributed by atoms with Gasteiger partial charge in [0.2, 0.25) is 5.91 Å². The third kappa shape index (κ3) is 4.47. The number of carbonyl (C=O) groups is 1. The lowest BCUT2D eigenvalue weighted by Gasteiger charge is -2.09. The molecule has 3 aromatic rings. The number of hydrogen-bond acceptors (Lipinski definition) is 4. The van der Waals surface area contributed by atoms with E-state index < -0.39 is 11.2 Å². The molecule has 1 amide bonds. The normalized spacial score (nSPS) is 10.3. The highest BCUT2D eigenvalue weighted by Gasteiger charge is 2.06. The van der Waals surface area contributed by atoms with Crippen LogP contribution in [0.5, 0.6) is 11.5 Å². The SMILES string of the molecule is Cc1cccc(Oc2ccc(NC(=O)Cn3ccc(=O)[nH]c3=O)cc2)c1. The van der Waals surface area contributed by atoms with Crippen molar-refractivity contribution < 1.29 is 9.53 Å². The highest BCUT2D eigenvalue weighted by atomic mass is 16.5. The Labute approximate surface area is 148 Å². The van der Waals surface area contributed by atoms with Crippen LogP contribution in [0.25, 0.3) is 0 Å². The Bertz CT molecular complexity index is 1040. The molecule has 1 heterocycles. The van der Waals surface area contributed by atoms with Crippen LogP contribution in [0, 0.1) is 6.92 Å². The van der Waals surface area contributed by atoms with Gasteiger partial charge in [-0.15, -0.1) is 0 Å². The molecule has 7 nitrogen and oxygen atoms in total. The molecule has 26 heavy (non-hydrogen) atoms. The molecular formula is C19H17N3O4. The van der Waals surface area contributed by atoms with E-state index in [0.717, 1.165) is 15.9 Å². The minimum absolute atomic E-state index is 0.197. The van der Waals surface area contributed by atoms with Gasteiger partial charge in [-0.25, -0.2) is 4.79 Å². The summed E-state index contributed by atoms with van der Waals surface area (Å²) < 4.78 is 6.87. The number of nitrogens with one attached hydrogen (secondary N) is 2. The van der Waals surface area contributed by atoms with Crippen molar-refractivity contribution >= 4 is 11.6 Å². The molecule has 0 radical (unpaired) electrons. The Balaban J connectivity index is 1.62. The van der Waals surface area contributed by atoms with Gasteiger partial charge in [0.25, 0.3) is 5.56 Å². The molecule has 0 aliphatic rings. The van der Waals surface area contributed by atoms with Crippen molar-refractivity contribution in [3.8, 4) is 11.5 Å². The monoisotopic (exact) mass is 351 g/mol. The smallest absolute Gasteiger partial charge is 0.328 e. The molecule has 7 heteroatoms. The maximum absolute atomic E-state index is 12.0. The molecule has 2 aromatic carbocycles. The molecule has 0 bridgehead atoms. The van der Waals surface area contributed by atoms with Crippen LogP contribution in [-0.4, -0.2) is 15.5 Å². The lowest BCUT2D eigenvalue weighted by Crippen LogP contribution is -2.32. The fraction of sp³-hybridized carbons (Fsp3) is 0.105. The molecule has 0 saturated heterocycles. The summed E-state index contributed by atoms with van der Waals surface area (Å²) in [4.78, 5) is 36.7. The van der Waals surface area contributed by atoms with Gasteiger partial charge in [0.1, 0.15) is 18.0 Å². The van der Waals surface area contributed by atoms with E-state index in [-0.39, 0.29) is 12.5 Å². The molecule has 0 aliphatic carbocycles. The van der Waals surface area contributed by atoms with Gasteiger partial charge in [-0.05, 0) is 48.9 Å². The number of benzene rings is 2. The zero-order valence-corrected chi connectivity index (χ0v) is 14.1. The molecular weight excluding hydrogens is 334 g/mol. The third-order valence-electron chi connectivity index (χ3n) is 3.57. The summed E-state index contributed by atoms with van der Waals surface area (Å²) in [5.74, 6) is 0.996. The summed E-state index contributed by atoms with van der Waals surface area (Å²) in [6, 6.07) is 15.8. The van der Waals surface area contributed by atoms with Crippen molar-refractivity contribution in [3.63, 3.8) is 0 Å². The quantitative estimate of drug-likeness (QED) is 0.737. The van der Waals surface area contributed by atoms with Crippen LogP contribution in [0.2, 0.25) is 0 Å². The molecule has 0 fully saturated rings. The van der Waals surface area contributed by atoms with Crippen molar-refractivity contribution in [1.82, 2.24) is 9.55 Å². The predicted octanol–water partition coefficient (Wildman–Crippen LogP) is 2.28. The molecule has 0 saturated carbocycles. The van der Waals surface area contributed by atoms with E-state index in [2.05, 4.69) is 10.3 Å². The fourth-order valence-corrected chi connectivity index (χ4v) is 2.35. The Morgan fingerprint density at radius 3 is 2.54 bits per heavy atom. The minimum atomic E-state index is -0.630. The highest BCUT2D eigenvalue weighted by molar-refractivity contribution is 5.90. The summed E-state index contributed by atoms with van der Waals surface area (Å²) in [5.41, 5.74) is 0.540. The second kappa shape index (κ2) is 7.52. The second-order valence-corrected chi connectivity index (χ2v) is 5.73. The Kier molecular flexibility index (Phi) is 4.98. The lowest BCUT2D eigenvalue weighted by molar-refractivity contribution is -0.116. The number of aryl methyl sites for hydroxylation is 1. The van der Waals surface area contributed by atoms with Gasteiger partial charge >= 0.3 is 5.69 Å². The van der Waals surface area contributed by atoms with Crippen molar-refractivity contribution in [2.45, 2.75) is 13.5 Å². The van der Waals surface area contributed by atoms with Gasteiger partial charge in [0.15, 0.2) is 0 Å². The zero-order valence-electron chi connectivity index (χ0n) is 14.1. The molecule has 2 N–H and O–H groups in total. The van der Waals surface area contributed by atoms with Crippen LogP contribution >= 0.6 is 0 Å². The topological polar surface area (TPSA) is 93.2 Å². The zero-order chi connectivity index (χ0) is 18.5. The van der Waals surface area contributed by atoms with E-state index in [1.807, 2.05) is 31.2 Å². The molecule has 1 aromatic heterocycles. The highest BCUT2D eigenvalue weighted by Crippen LogP contribution is 2.23. The number of aromatic amines is 1. The van der Waals surface area contributed by atoms with Gasteiger partial charge in [0.05, 0.1) is 0 Å². The van der Waals surface area contributed by atoms with Crippen molar-refractivity contribution in [3.05, 3.63) is 87.2 Å². The molecule has 0 atom stereocenters. The average Bonchev–Trinajstić information content (AvgIpc) is 2.59. The van der Waals surface area contributed by atoms with E-state index in [0.29, 0.717) is 11.4 Å². The van der Waals surface area contributed by atoms with Gasteiger partial charge in [-0.3, -0.25) is 19.1 Å². The number of carbonyl (C=O) groups excluding carboxylic acids is 1. The van der Waals surface area contributed by atoms with E-state index >= 15 is 0 Å². The van der Waals surface area contributed by atoms with Crippen molar-refractivity contribution in [1.29, 1.82) is 0 Å². The maximum atomic E-state index is 12.0. The first kappa shape index (κ1) is 17.2. The van der Waals surface area contributed by atoms with E-state index in [1.54, 1.807) is 24.3 Å². The summed E-state index contributed by atoms with van der Waals surface area (Å²) >= 11 is 0. The van der Waals surface area contributed by atoms with Crippen LogP contribution < -0.4 is 21.3 Å². The van der Waals surface area contributed by atoms with Crippen LogP contribution in [0.3, 0.4) is 0 Å². The Hall–Kier alpha value is -3.61. The van der Waals surface area contributed by atoms with Crippen LogP contribution in [0.4, 0.5) is 5.69 Å². The number of ether oxygens (including phenoxy) is 1. The van der Waals surface area contributed by atoms with Gasteiger partial charge in [0, 0.05) is 18.0 Å². The number of nitrogens with zero attached hydrogens (tertiary/aromatic N) is 1. The van der Waals surface area contributed by atoms with Crippen LogP contribution in [0.1, 0.15) is 5.56 Å². The predicted molar refractivity (Wildman–Crippen MR) is 97.6 cm³/mol. The standard InChI is InChI=1S/C19H17N3O4/c1-13-3-2-4-16(11-13)26-15-7-5-14(6-8-15)20-18(24)12-22-10-9-17(23)21-19(22)25/h2-11H,12H2,1H3,(H,20,24)(H,21,23,25). The summed E-state index contributed by atoms with van der Waals surface area (Å²) in [6.45, 7) is 1.79. The van der Waals surface area contributed by atoms with E-state index in [4.69, 9.17) is 4.74 Å². The fourth-order valence-electron chi connectivity index (χ4n) is 2.35. The largest absolute Gasteiger partial charge is 0.457 e. The van der Waals surface area contributed by atoms with Crippen molar-refractivity contribution in [2.75, 3.05) is 5.32 Å². The van der Waals surface area contributed by atoms with Crippen LogP contribution in [-0.2, 0) is 11.3 Å². The molecule has 0 unspecified atom stereocenters. The number of aromatic nitrogens is 2. The second-order valence-electron chi connectivity index (χ2n) is 5.73. The number of amides is 1. The first-order valence-electron chi connectivity index (χ1n) is 7.94. The summed E-state index contributed by atoms with van der Waals surface area (Å²) in [6.07, 6.45) is 1.28. The van der Waals surface area contributed by atoms with E-state index in [9.17, 15) is 14.4 Å². The number of rotatable bonds is 5. The Morgan fingerprint density at radius 2 is 1.85 bits per heavy atom. The van der Waals surface area contributed by atoms with Crippen LogP contribution in [0.15, 0.2) is 70.4 Å². The number of anilines is 1. The van der Waals surface area contributed by atoms with Crippen molar-refractivity contribution in [2.24, 2.45) is 0 Å². The summed E-state index contributed by atoms with van der Waals surface area (Å²) in [5, 5.41) is 2.69. The molecule has 3 rings (SSSR count). The van der Waals surface area contributed by atoms with E-state index in [1.165, 1.54) is 12.3 Å². The van der Waals surface area contributed by atoms with Gasteiger partial charge in [-0.2, -0.15) is 0 Å². The number of H-pyrrole nitrogens is 1. The van der Waals surface area contributed by atoms with Gasteiger partial charge in [-0.1, -0.05) is 12.1 Å². The minimum Gasteiger partial charge on any atom is -0.457 e. The first-order valence-corrected chi connectivity index (χ1v) is 7.94. The summed E-state index contributed by atoms with van der Waals surface area (Å²) in [7, 11) is 0. The Morgan fingerprint density at radius 1 is 1.08 bits per heavy atom. The number of hydrogen-bond donors (Lipinski definition) is 2. The third-order valence-corrected chi connectivity index (χ3v) is 3.57. The first-order chi connectivity index (χ1) is 12.5. The average molecular weight is 351 g/mol.